The SMILES string of the molecule is CCNC1c2cc(F)ccc2S(=O)C1CC. The van der Waals surface area contributed by atoms with Crippen molar-refractivity contribution in [1.82, 2.24) is 5.32 Å². The molecule has 4 heteroatoms. The van der Waals surface area contributed by atoms with Crippen LogP contribution in [0, 0.1) is 5.82 Å². The molecule has 88 valence electrons. The number of halogens is 1. The molecule has 0 spiro atoms. The van der Waals surface area contributed by atoms with E-state index in [-0.39, 0.29) is 17.1 Å². The van der Waals surface area contributed by atoms with Gasteiger partial charge in [0.15, 0.2) is 0 Å². The summed E-state index contributed by atoms with van der Waals surface area (Å²) < 4.78 is 25.4. The van der Waals surface area contributed by atoms with Crippen molar-refractivity contribution >= 4 is 10.8 Å². The lowest BCUT2D eigenvalue weighted by atomic mass is 10.0. The summed E-state index contributed by atoms with van der Waals surface area (Å²) in [6.45, 7) is 4.83. The number of hydrogen-bond acceptors (Lipinski definition) is 2. The van der Waals surface area contributed by atoms with E-state index >= 15 is 0 Å². The van der Waals surface area contributed by atoms with Gasteiger partial charge in [0, 0.05) is 10.9 Å². The molecule has 1 heterocycles. The number of fused-ring (bicyclic) bond motifs is 1. The Bertz CT molecular complexity index is 421. The molecule has 2 nitrogen and oxygen atoms in total. The molecule has 0 bridgehead atoms. The van der Waals surface area contributed by atoms with E-state index in [0.717, 1.165) is 23.4 Å². The normalized spacial score (nSPS) is 28.1. The maximum absolute atomic E-state index is 13.2. The van der Waals surface area contributed by atoms with Crippen LogP contribution in [0.25, 0.3) is 0 Å². The van der Waals surface area contributed by atoms with Crippen LogP contribution in [0.5, 0.6) is 0 Å². The highest BCUT2D eigenvalue weighted by atomic mass is 32.2. The number of nitrogens with one attached hydrogen (secondary N) is 1. The third-order valence-corrected chi connectivity index (χ3v) is 4.96. The molecular formula is C12H16FNOS. The molecule has 3 atom stereocenters. The van der Waals surface area contributed by atoms with Crippen molar-refractivity contribution in [3.8, 4) is 0 Å². The van der Waals surface area contributed by atoms with Gasteiger partial charge >= 0.3 is 0 Å². The Morgan fingerprint density at radius 3 is 2.81 bits per heavy atom. The van der Waals surface area contributed by atoms with E-state index in [1.165, 1.54) is 12.1 Å². The lowest BCUT2D eigenvalue weighted by Crippen LogP contribution is -2.29. The Morgan fingerprint density at radius 2 is 2.19 bits per heavy atom. The van der Waals surface area contributed by atoms with Crippen LogP contribution < -0.4 is 5.32 Å². The molecule has 1 aromatic carbocycles. The number of rotatable bonds is 3. The Labute approximate surface area is 97.7 Å². The summed E-state index contributed by atoms with van der Waals surface area (Å²) in [5.41, 5.74) is 0.868. The summed E-state index contributed by atoms with van der Waals surface area (Å²) in [7, 11) is -1.00. The number of hydrogen-bond donors (Lipinski definition) is 1. The summed E-state index contributed by atoms with van der Waals surface area (Å²) in [5.74, 6) is -0.254. The van der Waals surface area contributed by atoms with E-state index in [2.05, 4.69) is 5.32 Å². The fraction of sp³-hybridized carbons (Fsp3) is 0.500. The van der Waals surface area contributed by atoms with Gasteiger partial charge in [0.05, 0.1) is 16.0 Å². The molecule has 1 aromatic rings. The van der Waals surface area contributed by atoms with Crippen molar-refractivity contribution < 1.29 is 8.60 Å². The monoisotopic (exact) mass is 241 g/mol. The standard InChI is InChI=1S/C12H16FNOS/c1-3-10-12(14-4-2)9-7-8(13)5-6-11(9)16(10)15/h5-7,10,12,14H,3-4H2,1-2H3. The summed E-state index contributed by atoms with van der Waals surface area (Å²) in [4.78, 5) is 0.791. The second kappa shape index (κ2) is 4.63. The zero-order chi connectivity index (χ0) is 11.7. The maximum Gasteiger partial charge on any atom is 0.123 e. The Kier molecular flexibility index (Phi) is 3.40. The minimum atomic E-state index is -1.00. The highest BCUT2D eigenvalue weighted by molar-refractivity contribution is 7.86. The van der Waals surface area contributed by atoms with E-state index in [1.807, 2.05) is 13.8 Å². The molecule has 1 aliphatic rings. The maximum atomic E-state index is 13.2. The molecule has 3 unspecified atom stereocenters. The van der Waals surface area contributed by atoms with Crippen LogP contribution in [0.2, 0.25) is 0 Å². The van der Waals surface area contributed by atoms with E-state index < -0.39 is 10.8 Å². The highest BCUT2D eigenvalue weighted by Crippen LogP contribution is 2.38. The summed E-state index contributed by atoms with van der Waals surface area (Å²) in [6, 6.07) is 4.58. The van der Waals surface area contributed by atoms with Crippen molar-refractivity contribution in [2.45, 2.75) is 36.5 Å². The fourth-order valence-corrected chi connectivity index (χ4v) is 4.02. The third-order valence-electron chi connectivity index (χ3n) is 3.00. The van der Waals surface area contributed by atoms with Gasteiger partial charge in [-0.05, 0) is 36.7 Å². The van der Waals surface area contributed by atoms with Gasteiger partial charge in [-0.3, -0.25) is 4.21 Å². The van der Waals surface area contributed by atoms with E-state index in [9.17, 15) is 8.60 Å². The summed E-state index contributed by atoms with van der Waals surface area (Å²) in [5, 5.41) is 3.37. The first-order valence-corrected chi connectivity index (χ1v) is 6.83. The van der Waals surface area contributed by atoms with Gasteiger partial charge in [0.2, 0.25) is 0 Å². The van der Waals surface area contributed by atoms with Crippen LogP contribution in [0.1, 0.15) is 31.9 Å². The van der Waals surface area contributed by atoms with Crippen molar-refractivity contribution in [1.29, 1.82) is 0 Å². The Balaban J connectivity index is 2.45. The minimum absolute atomic E-state index is 0.0292. The summed E-state index contributed by atoms with van der Waals surface area (Å²) >= 11 is 0. The van der Waals surface area contributed by atoms with Crippen molar-refractivity contribution in [2.75, 3.05) is 6.54 Å². The molecule has 0 saturated heterocycles. The average Bonchev–Trinajstić information content (AvgIpc) is 2.52. The molecule has 0 aliphatic carbocycles. The van der Waals surface area contributed by atoms with Gasteiger partial charge in [0.1, 0.15) is 5.82 Å². The van der Waals surface area contributed by atoms with Gasteiger partial charge in [-0.2, -0.15) is 0 Å². The smallest absolute Gasteiger partial charge is 0.123 e. The lowest BCUT2D eigenvalue weighted by molar-refractivity contribution is 0.516. The molecule has 1 aliphatic heterocycles. The molecule has 0 aromatic heterocycles. The Hall–Kier alpha value is -0.740. The van der Waals surface area contributed by atoms with Crippen LogP contribution in [-0.2, 0) is 10.8 Å². The van der Waals surface area contributed by atoms with Gasteiger partial charge in [-0.25, -0.2) is 4.39 Å². The summed E-state index contributed by atoms with van der Waals surface area (Å²) in [6.07, 6.45) is 0.834. The zero-order valence-electron chi connectivity index (χ0n) is 9.50. The largest absolute Gasteiger partial charge is 0.309 e. The quantitative estimate of drug-likeness (QED) is 0.880. The topological polar surface area (TPSA) is 29.1 Å². The molecule has 0 amide bonds. The predicted octanol–water partition coefficient (Wildman–Crippen LogP) is 2.38. The first-order valence-electron chi connectivity index (χ1n) is 5.62. The van der Waals surface area contributed by atoms with Gasteiger partial charge in [-0.15, -0.1) is 0 Å². The number of benzene rings is 1. The van der Waals surface area contributed by atoms with Crippen LogP contribution in [0.4, 0.5) is 4.39 Å². The molecule has 16 heavy (non-hydrogen) atoms. The Morgan fingerprint density at radius 1 is 1.44 bits per heavy atom. The second-order valence-corrected chi connectivity index (χ2v) is 5.60. The lowest BCUT2D eigenvalue weighted by Gasteiger charge is -2.18. The minimum Gasteiger partial charge on any atom is -0.309 e. The molecule has 0 saturated carbocycles. The molecular weight excluding hydrogens is 225 g/mol. The van der Waals surface area contributed by atoms with Crippen LogP contribution in [-0.4, -0.2) is 16.0 Å². The van der Waals surface area contributed by atoms with Crippen molar-refractivity contribution in [3.05, 3.63) is 29.6 Å². The van der Waals surface area contributed by atoms with Crippen LogP contribution in [0.15, 0.2) is 23.1 Å². The van der Waals surface area contributed by atoms with Crippen LogP contribution >= 0.6 is 0 Å². The predicted molar refractivity (Wildman–Crippen MR) is 63.3 cm³/mol. The van der Waals surface area contributed by atoms with Crippen LogP contribution in [0.3, 0.4) is 0 Å². The first kappa shape index (κ1) is 11.7. The average molecular weight is 241 g/mol. The van der Waals surface area contributed by atoms with Gasteiger partial charge in [-0.1, -0.05) is 13.8 Å². The van der Waals surface area contributed by atoms with E-state index in [0.29, 0.717) is 0 Å². The van der Waals surface area contributed by atoms with E-state index in [4.69, 9.17) is 0 Å². The third kappa shape index (κ3) is 1.80. The molecule has 1 N–H and O–H groups in total. The first-order chi connectivity index (χ1) is 7.69. The van der Waals surface area contributed by atoms with E-state index in [1.54, 1.807) is 6.07 Å². The second-order valence-electron chi connectivity index (χ2n) is 3.96. The zero-order valence-corrected chi connectivity index (χ0v) is 10.3. The van der Waals surface area contributed by atoms with Gasteiger partial charge in [0.25, 0.3) is 0 Å². The van der Waals surface area contributed by atoms with Crippen molar-refractivity contribution in [2.24, 2.45) is 0 Å². The fourth-order valence-electron chi connectivity index (χ4n) is 2.28. The molecule has 0 fully saturated rings. The highest BCUT2D eigenvalue weighted by Gasteiger charge is 2.37. The van der Waals surface area contributed by atoms with Gasteiger partial charge < -0.3 is 5.32 Å². The van der Waals surface area contributed by atoms with Crippen molar-refractivity contribution in [3.63, 3.8) is 0 Å². The molecule has 0 radical (unpaired) electrons. The molecule has 2 rings (SSSR count).